The molecule has 6 nitrogen and oxygen atoms in total. The molecule has 0 aliphatic rings. The van der Waals surface area contributed by atoms with Crippen LogP contribution in [0.25, 0.3) is 0 Å². The number of aromatic nitrogens is 1. The molecular weight excluding hydrogens is 327 g/mol. The van der Waals surface area contributed by atoms with Gasteiger partial charge in [0, 0.05) is 6.42 Å². The van der Waals surface area contributed by atoms with Gasteiger partial charge in [0.1, 0.15) is 12.1 Å². The van der Waals surface area contributed by atoms with Crippen molar-refractivity contribution in [1.82, 2.24) is 10.3 Å². The number of amides is 1. The number of hydrogen-bond donors (Lipinski definition) is 1. The molecule has 2 rings (SSSR count). The first-order valence-electron chi connectivity index (χ1n) is 6.74. The largest absolute Gasteiger partial charge is 0.467 e. The summed E-state index contributed by atoms with van der Waals surface area (Å²) in [6.45, 7) is 1.82. The molecule has 0 aliphatic carbocycles. The van der Waals surface area contributed by atoms with E-state index < -0.39 is 23.7 Å². The summed E-state index contributed by atoms with van der Waals surface area (Å²) in [6.07, 6.45) is 1.71. The highest BCUT2D eigenvalue weighted by Gasteiger charge is 2.26. The predicted octanol–water partition coefficient (Wildman–Crippen LogP) is 2.67. The zero-order chi connectivity index (χ0) is 17.0. The van der Waals surface area contributed by atoms with Crippen molar-refractivity contribution in [3.05, 3.63) is 52.5 Å². The average molecular weight is 341 g/mol. The van der Waals surface area contributed by atoms with Crippen molar-refractivity contribution in [3.8, 4) is 0 Å². The Balaban J connectivity index is 2.26. The maximum absolute atomic E-state index is 13.6. The van der Waals surface area contributed by atoms with E-state index in [1.807, 2.05) is 6.92 Å². The van der Waals surface area contributed by atoms with Gasteiger partial charge < -0.3 is 14.5 Å². The molecule has 2 aromatic rings. The number of halogens is 2. The first-order valence-corrected chi connectivity index (χ1v) is 7.12. The second-order valence-corrected chi connectivity index (χ2v) is 4.99. The summed E-state index contributed by atoms with van der Waals surface area (Å²) in [6, 6.07) is 2.58. The van der Waals surface area contributed by atoms with Crippen molar-refractivity contribution >= 4 is 23.5 Å². The number of carbonyl (C=O) groups excluding carboxylic acids is 2. The number of carbonyl (C=O) groups is 2. The van der Waals surface area contributed by atoms with Gasteiger partial charge in [-0.1, -0.05) is 24.6 Å². The van der Waals surface area contributed by atoms with Gasteiger partial charge in [0.2, 0.25) is 0 Å². The van der Waals surface area contributed by atoms with Crippen molar-refractivity contribution in [2.75, 3.05) is 7.11 Å². The standard InChI is InChI=1S/C15H14ClFN2O4/c1-3-12-18-11(7-23-12)14(20)19-13(15(21)22-2)8-4-5-9(16)10(17)6-8/h4-7,13H,3H2,1-2H3,(H,19,20)/t13-/m0/s1. The SMILES string of the molecule is CCc1nc(C(=O)N[C@H](C(=O)OC)c2ccc(Cl)c(F)c2)co1. The topological polar surface area (TPSA) is 81.4 Å². The van der Waals surface area contributed by atoms with Gasteiger partial charge in [0.05, 0.1) is 12.1 Å². The Labute approximate surface area is 136 Å². The van der Waals surface area contributed by atoms with E-state index in [0.29, 0.717) is 12.3 Å². The fourth-order valence-electron chi connectivity index (χ4n) is 1.87. The van der Waals surface area contributed by atoms with Crippen LogP contribution < -0.4 is 5.32 Å². The van der Waals surface area contributed by atoms with Crippen molar-refractivity contribution < 1.29 is 23.1 Å². The molecule has 1 aromatic heterocycles. The number of hydrogen-bond acceptors (Lipinski definition) is 5. The van der Waals surface area contributed by atoms with Crippen LogP contribution in [-0.4, -0.2) is 24.0 Å². The quantitative estimate of drug-likeness (QED) is 0.846. The Bertz CT molecular complexity index is 732. The molecule has 1 amide bonds. The highest BCUT2D eigenvalue weighted by molar-refractivity contribution is 6.30. The second kappa shape index (κ2) is 7.23. The molecule has 122 valence electrons. The summed E-state index contributed by atoms with van der Waals surface area (Å²) in [5.41, 5.74) is 0.219. The van der Waals surface area contributed by atoms with E-state index >= 15 is 0 Å². The van der Waals surface area contributed by atoms with E-state index in [0.717, 1.165) is 6.07 Å². The number of rotatable bonds is 5. The lowest BCUT2D eigenvalue weighted by Gasteiger charge is -2.16. The minimum Gasteiger partial charge on any atom is -0.467 e. The van der Waals surface area contributed by atoms with Gasteiger partial charge in [0.25, 0.3) is 5.91 Å². The molecule has 0 spiro atoms. The third kappa shape index (κ3) is 3.87. The van der Waals surface area contributed by atoms with Crippen LogP contribution in [0, 0.1) is 5.82 Å². The molecule has 23 heavy (non-hydrogen) atoms. The number of nitrogens with zero attached hydrogens (tertiary/aromatic N) is 1. The summed E-state index contributed by atoms with van der Waals surface area (Å²) in [4.78, 5) is 28.0. The minimum atomic E-state index is -1.19. The van der Waals surface area contributed by atoms with E-state index in [1.165, 1.54) is 25.5 Å². The smallest absolute Gasteiger partial charge is 0.333 e. The van der Waals surface area contributed by atoms with Crippen molar-refractivity contribution in [2.45, 2.75) is 19.4 Å². The fourth-order valence-corrected chi connectivity index (χ4v) is 1.99. The van der Waals surface area contributed by atoms with Gasteiger partial charge in [0.15, 0.2) is 17.6 Å². The number of oxazole rings is 1. The van der Waals surface area contributed by atoms with Crippen LogP contribution in [0.5, 0.6) is 0 Å². The number of aryl methyl sites for hydroxylation is 1. The maximum atomic E-state index is 13.6. The number of benzene rings is 1. The minimum absolute atomic E-state index is 0.0187. The molecule has 1 heterocycles. The van der Waals surface area contributed by atoms with Gasteiger partial charge in [-0.3, -0.25) is 4.79 Å². The molecule has 1 atom stereocenters. The lowest BCUT2D eigenvalue weighted by Crippen LogP contribution is -2.34. The highest BCUT2D eigenvalue weighted by Crippen LogP contribution is 2.21. The average Bonchev–Trinajstić information content (AvgIpc) is 3.03. The summed E-state index contributed by atoms with van der Waals surface area (Å²) in [5, 5.41) is 2.35. The lowest BCUT2D eigenvalue weighted by atomic mass is 10.1. The summed E-state index contributed by atoms with van der Waals surface area (Å²) in [5.74, 6) is -1.71. The van der Waals surface area contributed by atoms with Gasteiger partial charge in [-0.25, -0.2) is 14.2 Å². The summed E-state index contributed by atoms with van der Waals surface area (Å²) < 4.78 is 23.3. The third-order valence-electron chi connectivity index (χ3n) is 3.08. The molecule has 8 heteroatoms. The van der Waals surface area contributed by atoms with Crippen molar-refractivity contribution in [1.29, 1.82) is 0 Å². The van der Waals surface area contributed by atoms with Crippen molar-refractivity contribution in [3.63, 3.8) is 0 Å². The van der Waals surface area contributed by atoms with Gasteiger partial charge in [-0.15, -0.1) is 0 Å². The fraction of sp³-hybridized carbons (Fsp3) is 0.267. The second-order valence-electron chi connectivity index (χ2n) is 4.58. The van der Waals surface area contributed by atoms with Gasteiger partial charge >= 0.3 is 5.97 Å². The van der Waals surface area contributed by atoms with E-state index in [-0.39, 0.29) is 16.3 Å². The highest BCUT2D eigenvalue weighted by atomic mass is 35.5. The Morgan fingerprint density at radius 1 is 1.48 bits per heavy atom. The van der Waals surface area contributed by atoms with E-state index in [2.05, 4.69) is 15.0 Å². The van der Waals surface area contributed by atoms with Crippen LogP contribution in [0.15, 0.2) is 28.9 Å². The predicted molar refractivity (Wildman–Crippen MR) is 79.5 cm³/mol. The van der Waals surface area contributed by atoms with Crippen molar-refractivity contribution in [2.24, 2.45) is 0 Å². The van der Waals surface area contributed by atoms with Crippen LogP contribution in [0.2, 0.25) is 5.02 Å². The molecule has 1 aromatic carbocycles. The molecule has 0 unspecified atom stereocenters. The Kier molecular flexibility index (Phi) is 5.33. The van der Waals surface area contributed by atoms with E-state index in [4.69, 9.17) is 16.0 Å². The third-order valence-corrected chi connectivity index (χ3v) is 3.38. The number of nitrogens with one attached hydrogen (secondary N) is 1. The number of methoxy groups -OCH3 is 1. The first-order chi connectivity index (χ1) is 11.0. The maximum Gasteiger partial charge on any atom is 0.333 e. The molecule has 1 N–H and O–H groups in total. The van der Waals surface area contributed by atoms with Crippen LogP contribution in [-0.2, 0) is 16.0 Å². The Morgan fingerprint density at radius 3 is 2.78 bits per heavy atom. The Morgan fingerprint density at radius 2 is 2.22 bits per heavy atom. The summed E-state index contributed by atoms with van der Waals surface area (Å²) >= 11 is 5.62. The molecule has 0 saturated carbocycles. The summed E-state index contributed by atoms with van der Waals surface area (Å²) in [7, 11) is 1.17. The molecular formula is C15H14ClFN2O4. The van der Waals surface area contributed by atoms with Crippen LogP contribution in [0.1, 0.15) is 34.9 Å². The first kappa shape index (κ1) is 17.0. The molecule has 0 radical (unpaired) electrons. The number of ether oxygens (including phenoxy) is 1. The van der Waals surface area contributed by atoms with E-state index in [9.17, 15) is 14.0 Å². The van der Waals surface area contributed by atoms with E-state index in [1.54, 1.807) is 0 Å². The van der Waals surface area contributed by atoms with Crippen LogP contribution >= 0.6 is 11.6 Å². The monoisotopic (exact) mass is 340 g/mol. The normalized spacial score (nSPS) is 11.8. The zero-order valence-corrected chi connectivity index (χ0v) is 13.2. The Hall–Kier alpha value is -2.41. The van der Waals surface area contributed by atoms with Crippen LogP contribution in [0.3, 0.4) is 0 Å². The number of esters is 1. The van der Waals surface area contributed by atoms with Gasteiger partial charge in [-0.05, 0) is 17.7 Å². The molecule has 0 saturated heterocycles. The molecule has 0 aliphatic heterocycles. The molecule has 0 bridgehead atoms. The lowest BCUT2D eigenvalue weighted by molar-refractivity contribution is -0.143. The van der Waals surface area contributed by atoms with Gasteiger partial charge in [-0.2, -0.15) is 0 Å². The van der Waals surface area contributed by atoms with Crippen LogP contribution in [0.4, 0.5) is 4.39 Å². The zero-order valence-electron chi connectivity index (χ0n) is 12.4. The molecule has 0 fully saturated rings.